The number of hydrogen-bond acceptors (Lipinski definition) is 3. The maximum Gasteiger partial charge on any atom is 0.270 e. The van der Waals surface area contributed by atoms with Gasteiger partial charge in [0.1, 0.15) is 0 Å². The van der Waals surface area contributed by atoms with E-state index in [1.807, 2.05) is 0 Å². The van der Waals surface area contributed by atoms with E-state index >= 15 is 0 Å². The number of hydrogen-bond donors (Lipinski definition) is 0. The van der Waals surface area contributed by atoms with Gasteiger partial charge in [0, 0.05) is 27.3 Å². The molecule has 0 saturated heterocycles. The van der Waals surface area contributed by atoms with E-state index in [0.29, 0.717) is 0 Å². The van der Waals surface area contributed by atoms with Gasteiger partial charge < -0.3 is 0 Å². The number of rotatable bonds is 4. The van der Waals surface area contributed by atoms with Crippen molar-refractivity contribution in [2.24, 2.45) is 0 Å². The van der Waals surface area contributed by atoms with Gasteiger partial charge in [-0.05, 0) is 38.5 Å². The normalized spacial score (nSPS) is 11.5. The summed E-state index contributed by atoms with van der Waals surface area (Å²) in [7, 11) is 0. The van der Waals surface area contributed by atoms with Gasteiger partial charge in [-0.1, -0.05) is 45.0 Å². The fraction of sp³-hybridized carbons (Fsp3) is 0.294. The van der Waals surface area contributed by atoms with Crippen molar-refractivity contribution < 1.29 is 4.92 Å². The average molecular weight is 380 g/mol. The zero-order valence-corrected chi connectivity index (χ0v) is 15.2. The van der Waals surface area contributed by atoms with Crippen LogP contribution in [0.2, 0.25) is 0 Å². The lowest BCUT2D eigenvalue weighted by atomic mass is 9.87. The second kappa shape index (κ2) is 6.84. The molecule has 0 saturated carbocycles. The van der Waals surface area contributed by atoms with Crippen molar-refractivity contribution in [3.8, 4) is 0 Å². The quantitative estimate of drug-likeness (QED) is 0.374. The predicted molar refractivity (Wildman–Crippen MR) is 95.5 cm³/mol. The molecule has 0 aliphatic carbocycles. The molecule has 2 aromatic rings. The molecule has 3 nitrogen and oxygen atoms in total. The summed E-state index contributed by atoms with van der Waals surface area (Å²) in [5.41, 5.74) is 2.82. The number of benzene rings is 2. The molecular weight excluding hydrogens is 362 g/mol. The van der Waals surface area contributed by atoms with Crippen LogP contribution in [-0.4, -0.2) is 4.92 Å². The van der Waals surface area contributed by atoms with Gasteiger partial charge in [-0.15, -0.1) is 11.8 Å². The summed E-state index contributed by atoms with van der Waals surface area (Å²) in [4.78, 5) is 11.4. The van der Waals surface area contributed by atoms with Crippen LogP contribution < -0.4 is 0 Å². The molecule has 0 unspecified atom stereocenters. The van der Waals surface area contributed by atoms with Gasteiger partial charge in [-0.2, -0.15) is 0 Å². The minimum Gasteiger partial charge on any atom is -0.258 e. The number of nitro groups is 1. The van der Waals surface area contributed by atoms with E-state index in [1.54, 1.807) is 23.9 Å². The fourth-order valence-electron chi connectivity index (χ4n) is 1.98. The Kier molecular flexibility index (Phi) is 5.29. The van der Waals surface area contributed by atoms with Crippen molar-refractivity contribution in [3.63, 3.8) is 0 Å². The summed E-state index contributed by atoms with van der Waals surface area (Å²) < 4.78 is 0.762. The summed E-state index contributed by atoms with van der Waals surface area (Å²) in [6, 6.07) is 13.5. The minimum absolute atomic E-state index is 0.103. The summed E-state index contributed by atoms with van der Waals surface area (Å²) in [6.45, 7) is 6.60. The summed E-state index contributed by atoms with van der Waals surface area (Å²) in [6.07, 6.45) is 0. The van der Waals surface area contributed by atoms with Gasteiger partial charge in [-0.3, -0.25) is 10.1 Å². The Morgan fingerprint density at radius 1 is 1.14 bits per heavy atom. The van der Waals surface area contributed by atoms with Gasteiger partial charge in [0.05, 0.1) is 4.92 Å². The second-order valence-electron chi connectivity index (χ2n) is 6.11. The van der Waals surface area contributed by atoms with E-state index in [1.165, 1.54) is 17.2 Å². The minimum atomic E-state index is -0.384. The molecule has 0 aromatic heterocycles. The van der Waals surface area contributed by atoms with Crippen molar-refractivity contribution in [2.75, 3.05) is 0 Å². The Morgan fingerprint density at radius 3 is 2.27 bits per heavy atom. The highest BCUT2D eigenvalue weighted by molar-refractivity contribution is 9.10. The van der Waals surface area contributed by atoms with Crippen molar-refractivity contribution >= 4 is 33.4 Å². The first-order chi connectivity index (χ1) is 10.3. The monoisotopic (exact) mass is 379 g/mol. The molecule has 0 atom stereocenters. The lowest BCUT2D eigenvalue weighted by molar-refractivity contribution is -0.385. The van der Waals surface area contributed by atoms with Crippen molar-refractivity contribution in [1.29, 1.82) is 0 Å². The number of nitrogens with zero attached hydrogens (tertiary/aromatic N) is 1. The first kappa shape index (κ1) is 17.0. The van der Waals surface area contributed by atoms with E-state index in [0.717, 1.165) is 15.1 Å². The van der Waals surface area contributed by atoms with E-state index in [2.05, 4.69) is 61.0 Å². The first-order valence-electron chi connectivity index (χ1n) is 6.93. The predicted octanol–water partition coefficient (Wildman–Crippen LogP) is 5.95. The highest BCUT2D eigenvalue weighted by Crippen LogP contribution is 2.33. The number of non-ortho nitro benzene ring substituents is 1. The average Bonchev–Trinajstić information content (AvgIpc) is 2.45. The highest BCUT2D eigenvalue weighted by Gasteiger charge is 2.13. The fourth-order valence-corrected chi connectivity index (χ4v) is 3.57. The number of halogens is 1. The summed E-state index contributed by atoms with van der Waals surface area (Å²) in [5.74, 6) is 0.834. The Balaban J connectivity index is 2.05. The molecular formula is C17H18BrNO2S. The van der Waals surface area contributed by atoms with Gasteiger partial charge >= 0.3 is 0 Å². The molecule has 0 bridgehead atoms. The zero-order chi connectivity index (χ0) is 16.3. The lowest BCUT2D eigenvalue weighted by Gasteiger charge is -2.19. The third-order valence-electron chi connectivity index (χ3n) is 3.34. The Morgan fingerprint density at radius 2 is 1.77 bits per heavy atom. The van der Waals surface area contributed by atoms with Crippen LogP contribution in [0.25, 0.3) is 0 Å². The van der Waals surface area contributed by atoms with Gasteiger partial charge in [-0.25, -0.2) is 0 Å². The molecule has 5 heteroatoms. The van der Waals surface area contributed by atoms with Crippen molar-refractivity contribution in [3.05, 3.63) is 68.2 Å². The molecule has 2 aromatic carbocycles. The van der Waals surface area contributed by atoms with Gasteiger partial charge in [0.15, 0.2) is 0 Å². The van der Waals surface area contributed by atoms with Crippen LogP contribution in [-0.2, 0) is 11.2 Å². The Hall–Kier alpha value is -1.33. The van der Waals surface area contributed by atoms with E-state index < -0.39 is 0 Å². The van der Waals surface area contributed by atoms with Crippen molar-refractivity contribution in [1.82, 2.24) is 0 Å². The molecule has 116 valence electrons. The number of thioether (sulfide) groups is 1. The third kappa shape index (κ3) is 4.34. The van der Waals surface area contributed by atoms with Crippen LogP contribution in [0.3, 0.4) is 0 Å². The Labute approximate surface area is 143 Å². The topological polar surface area (TPSA) is 43.1 Å². The van der Waals surface area contributed by atoms with Crippen LogP contribution in [0.1, 0.15) is 31.9 Å². The maximum absolute atomic E-state index is 10.7. The highest BCUT2D eigenvalue weighted by atomic mass is 79.9. The van der Waals surface area contributed by atoms with Gasteiger partial charge in [0.2, 0.25) is 0 Å². The molecule has 0 heterocycles. The van der Waals surface area contributed by atoms with E-state index in [9.17, 15) is 10.1 Å². The Bertz CT molecular complexity index is 678. The maximum atomic E-state index is 10.7. The van der Waals surface area contributed by atoms with Crippen LogP contribution in [0, 0.1) is 10.1 Å². The first-order valence-corrected chi connectivity index (χ1v) is 8.71. The molecule has 0 spiro atoms. The summed E-state index contributed by atoms with van der Waals surface area (Å²) in [5, 5.41) is 10.7. The molecule has 0 N–H and O–H groups in total. The molecule has 0 radical (unpaired) electrons. The SMILES string of the molecule is CC(C)(C)c1ccc(CSc2ccc([N+](=O)[O-])cc2Br)cc1. The lowest BCUT2D eigenvalue weighted by Crippen LogP contribution is -2.10. The summed E-state index contributed by atoms with van der Waals surface area (Å²) >= 11 is 5.07. The van der Waals surface area contributed by atoms with Crippen molar-refractivity contribution in [2.45, 2.75) is 36.8 Å². The second-order valence-corrected chi connectivity index (χ2v) is 7.98. The van der Waals surface area contributed by atoms with Crippen LogP contribution in [0.5, 0.6) is 0 Å². The van der Waals surface area contributed by atoms with E-state index in [-0.39, 0.29) is 16.0 Å². The molecule has 0 aliphatic heterocycles. The van der Waals surface area contributed by atoms with E-state index in [4.69, 9.17) is 0 Å². The molecule has 0 amide bonds. The van der Waals surface area contributed by atoms with Crippen LogP contribution >= 0.6 is 27.7 Å². The zero-order valence-electron chi connectivity index (χ0n) is 12.8. The largest absolute Gasteiger partial charge is 0.270 e. The third-order valence-corrected chi connectivity index (χ3v) is 5.40. The van der Waals surface area contributed by atoms with Gasteiger partial charge in [0.25, 0.3) is 5.69 Å². The number of nitro benzene ring substituents is 1. The van der Waals surface area contributed by atoms with Crippen LogP contribution in [0.4, 0.5) is 5.69 Å². The molecule has 22 heavy (non-hydrogen) atoms. The molecule has 0 aliphatic rings. The van der Waals surface area contributed by atoms with Crippen LogP contribution in [0.15, 0.2) is 51.8 Å². The standard InChI is InChI=1S/C17H18BrNO2S/c1-17(2,3)13-6-4-12(5-7-13)11-22-16-9-8-14(19(20)21)10-15(16)18/h4-10H,11H2,1-3H3. The molecule has 0 fully saturated rings. The smallest absolute Gasteiger partial charge is 0.258 e. The molecule has 2 rings (SSSR count).